The van der Waals surface area contributed by atoms with Gasteiger partial charge in [0.05, 0.1) is 0 Å². The van der Waals surface area contributed by atoms with Crippen LogP contribution in [0.15, 0.2) is 0 Å². The fraction of sp³-hybridized carbons (Fsp3) is 1.00. The van der Waals surface area contributed by atoms with E-state index in [2.05, 4.69) is 33.0 Å². The SMILES string of the molecule is CCCCCC(CC)CNCC(CCC)CCCC. The predicted octanol–water partition coefficient (Wildman–Crippen LogP) is 5.79. The summed E-state index contributed by atoms with van der Waals surface area (Å²) in [6.07, 6.45) is 13.8. The van der Waals surface area contributed by atoms with Gasteiger partial charge in [-0.3, -0.25) is 0 Å². The maximum absolute atomic E-state index is 3.76. The lowest BCUT2D eigenvalue weighted by Crippen LogP contribution is -2.28. The van der Waals surface area contributed by atoms with Crippen LogP contribution in [0.25, 0.3) is 0 Å². The molecule has 116 valence electrons. The standard InChI is InChI=1S/C18H39N/c1-5-9-11-14-17(8-4)15-19-16-18(12-7-3)13-10-6-2/h17-19H,5-16H2,1-4H3. The van der Waals surface area contributed by atoms with Gasteiger partial charge in [0.15, 0.2) is 0 Å². The maximum Gasteiger partial charge on any atom is -0.00204 e. The Labute approximate surface area is 122 Å². The van der Waals surface area contributed by atoms with Crippen molar-refractivity contribution in [1.82, 2.24) is 5.32 Å². The second-order valence-corrected chi connectivity index (χ2v) is 6.23. The quantitative estimate of drug-likeness (QED) is 0.394. The molecule has 0 amide bonds. The van der Waals surface area contributed by atoms with Gasteiger partial charge in [0.2, 0.25) is 0 Å². The smallest absolute Gasteiger partial charge is 0.00204 e. The third-order valence-electron chi connectivity index (χ3n) is 4.32. The molecule has 0 saturated heterocycles. The minimum Gasteiger partial charge on any atom is -0.316 e. The van der Waals surface area contributed by atoms with Crippen molar-refractivity contribution in [3.63, 3.8) is 0 Å². The molecule has 0 spiro atoms. The van der Waals surface area contributed by atoms with Crippen LogP contribution in [0, 0.1) is 11.8 Å². The summed E-state index contributed by atoms with van der Waals surface area (Å²) in [5.74, 6) is 1.82. The second-order valence-electron chi connectivity index (χ2n) is 6.23. The third-order valence-corrected chi connectivity index (χ3v) is 4.32. The first kappa shape index (κ1) is 19.0. The zero-order chi connectivity index (χ0) is 14.3. The molecule has 0 aliphatic rings. The molecule has 2 atom stereocenters. The highest BCUT2D eigenvalue weighted by atomic mass is 14.9. The summed E-state index contributed by atoms with van der Waals surface area (Å²) in [4.78, 5) is 0. The molecule has 0 fully saturated rings. The Morgan fingerprint density at radius 1 is 0.632 bits per heavy atom. The Balaban J connectivity index is 3.73. The monoisotopic (exact) mass is 269 g/mol. The molecule has 0 bridgehead atoms. The van der Waals surface area contributed by atoms with Gasteiger partial charge < -0.3 is 5.32 Å². The van der Waals surface area contributed by atoms with Gasteiger partial charge in [-0.15, -0.1) is 0 Å². The summed E-state index contributed by atoms with van der Waals surface area (Å²) in [7, 11) is 0. The zero-order valence-electron chi connectivity index (χ0n) is 14.1. The number of unbranched alkanes of at least 4 members (excludes halogenated alkanes) is 3. The van der Waals surface area contributed by atoms with Crippen LogP contribution in [0.1, 0.15) is 91.9 Å². The fourth-order valence-corrected chi connectivity index (χ4v) is 2.87. The minimum absolute atomic E-state index is 0.903. The van der Waals surface area contributed by atoms with Crippen LogP contribution in [-0.4, -0.2) is 13.1 Å². The topological polar surface area (TPSA) is 12.0 Å². The van der Waals surface area contributed by atoms with Crippen molar-refractivity contribution in [3.05, 3.63) is 0 Å². The molecule has 1 heteroatoms. The molecule has 0 aromatic heterocycles. The number of rotatable bonds is 14. The summed E-state index contributed by atoms with van der Waals surface area (Å²) >= 11 is 0. The van der Waals surface area contributed by atoms with Crippen molar-refractivity contribution >= 4 is 0 Å². The first-order chi connectivity index (χ1) is 9.28. The van der Waals surface area contributed by atoms with Crippen LogP contribution >= 0.6 is 0 Å². The van der Waals surface area contributed by atoms with Crippen LogP contribution < -0.4 is 5.32 Å². The zero-order valence-corrected chi connectivity index (χ0v) is 14.1. The van der Waals surface area contributed by atoms with Crippen LogP contribution in [-0.2, 0) is 0 Å². The summed E-state index contributed by atoms with van der Waals surface area (Å²) in [5, 5.41) is 3.76. The van der Waals surface area contributed by atoms with Crippen molar-refractivity contribution in [2.75, 3.05) is 13.1 Å². The van der Waals surface area contributed by atoms with Crippen molar-refractivity contribution in [1.29, 1.82) is 0 Å². The number of nitrogens with one attached hydrogen (secondary N) is 1. The van der Waals surface area contributed by atoms with E-state index in [0.29, 0.717) is 0 Å². The molecule has 0 heterocycles. The summed E-state index contributed by atoms with van der Waals surface area (Å²) in [6.45, 7) is 11.8. The number of hydrogen-bond acceptors (Lipinski definition) is 1. The summed E-state index contributed by atoms with van der Waals surface area (Å²) in [5.41, 5.74) is 0. The molecular weight excluding hydrogens is 230 g/mol. The van der Waals surface area contributed by atoms with Gasteiger partial charge in [0.25, 0.3) is 0 Å². The summed E-state index contributed by atoms with van der Waals surface area (Å²) in [6, 6.07) is 0. The first-order valence-corrected chi connectivity index (χ1v) is 8.99. The van der Waals surface area contributed by atoms with E-state index in [0.717, 1.165) is 11.8 Å². The Hall–Kier alpha value is -0.0400. The van der Waals surface area contributed by atoms with Gasteiger partial charge in [-0.1, -0.05) is 72.6 Å². The van der Waals surface area contributed by atoms with E-state index in [1.54, 1.807) is 0 Å². The Morgan fingerprint density at radius 3 is 1.84 bits per heavy atom. The maximum atomic E-state index is 3.76. The molecule has 0 saturated carbocycles. The van der Waals surface area contributed by atoms with Crippen LogP contribution in [0.4, 0.5) is 0 Å². The largest absolute Gasteiger partial charge is 0.316 e. The van der Waals surface area contributed by atoms with Crippen molar-refractivity contribution in [3.8, 4) is 0 Å². The Kier molecular flexibility index (Phi) is 14.3. The molecule has 2 unspecified atom stereocenters. The lowest BCUT2D eigenvalue weighted by Gasteiger charge is -2.20. The highest BCUT2D eigenvalue weighted by Gasteiger charge is 2.09. The third kappa shape index (κ3) is 11.5. The van der Waals surface area contributed by atoms with Gasteiger partial charge in [-0.05, 0) is 44.2 Å². The molecule has 0 aromatic carbocycles. The molecule has 19 heavy (non-hydrogen) atoms. The molecular formula is C18H39N. The molecule has 0 radical (unpaired) electrons. The number of hydrogen-bond donors (Lipinski definition) is 1. The van der Waals surface area contributed by atoms with Crippen molar-refractivity contribution < 1.29 is 0 Å². The van der Waals surface area contributed by atoms with Gasteiger partial charge in [0.1, 0.15) is 0 Å². The normalized spacial score (nSPS) is 14.5. The molecule has 1 N–H and O–H groups in total. The van der Waals surface area contributed by atoms with E-state index < -0.39 is 0 Å². The molecule has 0 aliphatic carbocycles. The van der Waals surface area contributed by atoms with Crippen molar-refractivity contribution in [2.24, 2.45) is 11.8 Å². The molecule has 0 aromatic rings. The van der Waals surface area contributed by atoms with Gasteiger partial charge in [0, 0.05) is 0 Å². The van der Waals surface area contributed by atoms with Crippen LogP contribution in [0.2, 0.25) is 0 Å². The van der Waals surface area contributed by atoms with E-state index in [1.165, 1.54) is 77.3 Å². The van der Waals surface area contributed by atoms with Gasteiger partial charge >= 0.3 is 0 Å². The lowest BCUT2D eigenvalue weighted by atomic mass is 9.95. The van der Waals surface area contributed by atoms with E-state index in [-0.39, 0.29) is 0 Å². The molecule has 0 rings (SSSR count). The predicted molar refractivity (Wildman–Crippen MR) is 88.7 cm³/mol. The highest BCUT2D eigenvalue weighted by molar-refractivity contribution is 4.66. The van der Waals surface area contributed by atoms with Gasteiger partial charge in [-0.25, -0.2) is 0 Å². The van der Waals surface area contributed by atoms with Crippen LogP contribution in [0.5, 0.6) is 0 Å². The summed E-state index contributed by atoms with van der Waals surface area (Å²) < 4.78 is 0. The van der Waals surface area contributed by atoms with Crippen LogP contribution in [0.3, 0.4) is 0 Å². The molecule has 1 nitrogen and oxygen atoms in total. The second kappa shape index (κ2) is 14.4. The minimum atomic E-state index is 0.903. The highest BCUT2D eigenvalue weighted by Crippen LogP contribution is 2.15. The van der Waals surface area contributed by atoms with Crippen molar-refractivity contribution in [2.45, 2.75) is 91.9 Å². The first-order valence-electron chi connectivity index (χ1n) is 8.99. The van der Waals surface area contributed by atoms with Gasteiger partial charge in [-0.2, -0.15) is 0 Å². The fourth-order valence-electron chi connectivity index (χ4n) is 2.87. The lowest BCUT2D eigenvalue weighted by molar-refractivity contribution is 0.362. The Bertz CT molecular complexity index is 167. The average molecular weight is 270 g/mol. The Morgan fingerprint density at radius 2 is 1.26 bits per heavy atom. The van der Waals surface area contributed by atoms with E-state index in [1.807, 2.05) is 0 Å². The molecule has 0 aliphatic heterocycles. The van der Waals surface area contributed by atoms with E-state index >= 15 is 0 Å². The van der Waals surface area contributed by atoms with E-state index in [4.69, 9.17) is 0 Å². The van der Waals surface area contributed by atoms with E-state index in [9.17, 15) is 0 Å². The average Bonchev–Trinajstić information content (AvgIpc) is 2.43.